The van der Waals surface area contributed by atoms with Crippen LogP contribution in [0.25, 0.3) is 0 Å². The molecule has 0 radical (unpaired) electrons. The van der Waals surface area contributed by atoms with Crippen molar-refractivity contribution in [3.8, 4) is 0 Å². The molecule has 2 aromatic rings. The second-order valence-electron chi connectivity index (χ2n) is 4.28. The summed E-state index contributed by atoms with van der Waals surface area (Å²) in [6, 6.07) is 5.52. The van der Waals surface area contributed by atoms with Gasteiger partial charge >= 0.3 is 0 Å². The smallest absolute Gasteiger partial charge is 0.240 e. The van der Waals surface area contributed by atoms with Gasteiger partial charge in [-0.15, -0.1) is 0 Å². The molecule has 0 fully saturated rings. The monoisotopic (exact) mass is 282 g/mol. The fourth-order valence-electron chi connectivity index (χ4n) is 1.84. The number of sulfonamides is 1. The topological polar surface area (TPSA) is 62.0 Å². The van der Waals surface area contributed by atoms with Gasteiger partial charge in [-0.25, -0.2) is 17.5 Å². The van der Waals surface area contributed by atoms with E-state index in [1.165, 1.54) is 12.1 Å². The molecule has 4 nitrogen and oxygen atoms in total. The Morgan fingerprint density at radius 2 is 2.11 bits per heavy atom. The number of hydrogen-bond donors (Lipinski definition) is 2. The molecule has 0 saturated carbocycles. The number of aromatic amines is 1. The van der Waals surface area contributed by atoms with Gasteiger partial charge < -0.3 is 4.98 Å². The predicted molar refractivity (Wildman–Crippen MR) is 70.8 cm³/mol. The summed E-state index contributed by atoms with van der Waals surface area (Å²) in [6.07, 6.45) is 4.20. The first kappa shape index (κ1) is 13.8. The van der Waals surface area contributed by atoms with E-state index in [-0.39, 0.29) is 4.90 Å². The molecule has 0 aliphatic carbocycles. The summed E-state index contributed by atoms with van der Waals surface area (Å²) in [7, 11) is -3.59. The molecule has 102 valence electrons. The minimum Gasteiger partial charge on any atom is -0.367 e. The van der Waals surface area contributed by atoms with Crippen molar-refractivity contribution in [3.05, 3.63) is 53.6 Å². The molecule has 1 heterocycles. The van der Waals surface area contributed by atoms with Crippen LogP contribution in [0.1, 0.15) is 11.1 Å². The number of nitrogens with one attached hydrogen (secondary N) is 2. The molecule has 1 aromatic carbocycles. The van der Waals surface area contributed by atoms with Crippen LogP contribution in [-0.2, 0) is 16.4 Å². The van der Waals surface area contributed by atoms with Gasteiger partial charge in [0.15, 0.2) is 0 Å². The molecule has 0 amide bonds. The van der Waals surface area contributed by atoms with Crippen LogP contribution < -0.4 is 4.72 Å². The Morgan fingerprint density at radius 1 is 1.32 bits per heavy atom. The molecule has 0 atom stereocenters. The maximum atomic E-state index is 13.0. The van der Waals surface area contributed by atoms with Crippen LogP contribution >= 0.6 is 0 Å². The Bertz CT molecular complexity index is 651. The highest BCUT2D eigenvalue weighted by atomic mass is 32.2. The van der Waals surface area contributed by atoms with Gasteiger partial charge in [0.2, 0.25) is 10.0 Å². The molecule has 0 aliphatic rings. The SMILES string of the molecule is Cc1cc(F)ccc1S(=O)(=O)NCCc1cc[nH]c1. The van der Waals surface area contributed by atoms with Crippen molar-refractivity contribution in [2.24, 2.45) is 0 Å². The summed E-state index contributed by atoms with van der Waals surface area (Å²) in [5, 5.41) is 0. The molecule has 2 N–H and O–H groups in total. The first-order valence-corrected chi connectivity index (χ1v) is 7.35. The van der Waals surface area contributed by atoms with Gasteiger partial charge in [-0.1, -0.05) is 0 Å². The molecule has 2 rings (SSSR count). The summed E-state index contributed by atoms with van der Waals surface area (Å²) >= 11 is 0. The van der Waals surface area contributed by atoms with E-state index in [4.69, 9.17) is 0 Å². The first-order chi connectivity index (χ1) is 8.99. The summed E-state index contributed by atoms with van der Waals surface area (Å²) in [4.78, 5) is 3.02. The van der Waals surface area contributed by atoms with E-state index in [1.807, 2.05) is 12.3 Å². The van der Waals surface area contributed by atoms with E-state index in [0.717, 1.165) is 11.6 Å². The Labute approximate surface area is 111 Å². The average Bonchev–Trinajstić information content (AvgIpc) is 2.81. The maximum Gasteiger partial charge on any atom is 0.240 e. The van der Waals surface area contributed by atoms with Crippen molar-refractivity contribution in [1.29, 1.82) is 0 Å². The second kappa shape index (κ2) is 5.54. The Kier molecular flexibility index (Phi) is 4.01. The number of benzene rings is 1. The van der Waals surface area contributed by atoms with Gasteiger partial charge in [-0.2, -0.15) is 0 Å². The molecular formula is C13H15FN2O2S. The zero-order valence-electron chi connectivity index (χ0n) is 10.5. The zero-order valence-corrected chi connectivity index (χ0v) is 11.3. The Morgan fingerprint density at radius 3 is 2.74 bits per heavy atom. The van der Waals surface area contributed by atoms with Gasteiger partial charge in [0.05, 0.1) is 4.90 Å². The van der Waals surface area contributed by atoms with Crippen molar-refractivity contribution >= 4 is 10.0 Å². The van der Waals surface area contributed by atoms with Gasteiger partial charge in [0, 0.05) is 18.9 Å². The lowest BCUT2D eigenvalue weighted by Gasteiger charge is -2.08. The van der Waals surface area contributed by atoms with Crippen LogP contribution in [0.5, 0.6) is 0 Å². The summed E-state index contributed by atoms with van der Waals surface area (Å²) in [5.74, 6) is -0.441. The molecule has 0 bridgehead atoms. The standard InChI is InChI=1S/C13H15FN2O2S/c1-10-8-12(14)2-3-13(10)19(17,18)16-7-5-11-4-6-15-9-11/h2-4,6,8-9,15-16H,5,7H2,1H3. The highest BCUT2D eigenvalue weighted by Gasteiger charge is 2.16. The number of H-pyrrole nitrogens is 1. The van der Waals surface area contributed by atoms with Crippen LogP contribution in [-0.4, -0.2) is 19.9 Å². The Hall–Kier alpha value is -1.66. The molecule has 19 heavy (non-hydrogen) atoms. The number of aromatic nitrogens is 1. The average molecular weight is 282 g/mol. The lowest BCUT2D eigenvalue weighted by molar-refractivity contribution is 0.580. The highest BCUT2D eigenvalue weighted by molar-refractivity contribution is 7.89. The van der Waals surface area contributed by atoms with E-state index in [1.54, 1.807) is 13.1 Å². The van der Waals surface area contributed by atoms with Crippen molar-refractivity contribution in [2.75, 3.05) is 6.54 Å². The van der Waals surface area contributed by atoms with Crippen LogP contribution in [0.4, 0.5) is 4.39 Å². The highest BCUT2D eigenvalue weighted by Crippen LogP contribution is 2.15. The molecule has 0 aliphatic heterocycles. The third-order valence-corrected chi connectivity index (χ3v) is 4.42. The van der Waals surface area contributed by atoms with Crippen LogP contribution in [0.3, 0.4) is 0 Å². The number of rotatable bonds is 5. The molecular weight excluding hydrogens is 267 g/mol. The van der Waals surface area contributed by atoms with E-state index < -0.39 is 15.8 Å². The second-order valence-corrected chi connectivity index (χ2v) is 6.01. The third-order valence-electron chi connectivity index (χ3n) is 2.79. The summed E-state index contributed by atoms with van der Waals surface area (Å²) in [6.45, 7) is 1.88. The van der Waals surface area contributed by atoms with Gasteiger partial charge in [0.1, 0.15) is 5.82 Å². The van der Waals surface area contributed by atoms with Crippen LogP contribution in [0.15, 0.2) is 41.6 Å². The minimum absolute atomic E-state index is 0.114. The van der Waals surface area contributed by atoms with E-state index in [0.29, 0.717) is 18.5 Å². The lowest BCUT2D eigenvalue weighted by Crippen LogP contribution is -2.26. The Balaban J connectivity index is 2.05. The fraction of sp³-hybridized carbons (Fsp3) is 0.231. The van der Waals surface area contributed by atoms with Gasteiger partial charge in [0.25, 0.3) is 0 Å². The van der Waals surface area contributed by atoms with Gasteiger partial charge in [-0.3, -0.25) is 0 Å². The lowest BCUT2D eigenvalue weighted by atomic mass is 10.2. The summed E-state index contributed by atoms with van der Waals surface area (Å²) < 4.78 is 39.6. The fourth-order valence-corrected chi connectivity index (χ4v) is 3.09. The van der Waals surface area contributed by atoms with E-state index >= 15 is 0 Å². The van der Waals surface area contributed by atoms with Crippen LogP contribution in [0.2, 0.25) is 0 Å². The molecule has 0 spiro atoms. The maximum absolute atomic E-state index is 13.0. The third kappa shape index (κ3) is 3.42. The molecule has 1 aromatic heterocycles. The number of aryl methyl sites for hydroxylation is 1. The predicted octanol–water partition coefficient (Wildman–Crippen LogP) is 1.98. The van der Waals surface area contributed by atoms with Crippen LogP contribution in [0, 0.1) is 12.7 Å². The molecule has 6 heteroatoms. The van der Waals surface area contributed by atoms with Gasteiger partial charge in [-0.05, 0) is 48.7 Å². The van der Waals surface area contributed by atoms with Crippen molar-refractivity contribution < 1.29 is 12.8 Å². The van der Waals surface area contributed by atoms with E-state index in [9.17, 15) is 12.8 Å². The number of hydrogen-bond acceptors (Lipinski definition) is 2. The van der Waals surface area contributed by atoms with Crippen molar-refractivity contribution in [2.45, 2.75) is 18.2 Å². The van der Waals surface area contributed by atoms with Crippen molar-refractivity contribution in [3.63, 3.8) is 0 Å². The normalized spacial score (nSPS) is 11.7. The molecule has 0 unspecified atom stereocenters. The largest absolute Gasteiger partial charge is 0.367 e. The first-order valence-electron chi connectivity index (χ1n) is 5.86. The van der Waals surface area contributed by atoms with Crippen molar-refractivity contribution in [1.82, 2.24) is 9.71 Å². The zero-order chi connectivity index (χ0) is 13.9. The quantitative estimate of drug-likeness (QED) is 0.881. The van der Waals surface area contributed by atoms with E-state index in [2.05, 4.69) is 9.71 Å². The number of halogens is 1. The minimum atomic E-state index is -3.59. The molecule has 0 saturated heterocycles. The summed E-state index contributed by atoms with van der Waals surface area (Å²) in [5.41, 5.74) is 1.42.